The van der Waals surface area contributed by atoms with Crippen LogP contribution in [0.2, 0.25) is 0 Å². The molecule has 0 saturated carbocycles. The van der Waals surface area contributed by atoms with E-state index in [9.17, 15) is 0 Å². The molecule has 1 nitrogen and oxygen atoms in total. The van der Waals surface area contributed by atoms with Gasteiger partial charge in [-0.15, -0.1) is 0 Å². The predicted octanol–water partition coefficient (Wildman–Crippen LogP) is 3.53. The van der Waals surface area contributed by atoms with Gasteiger partial charge in [0, 0.05) is 23.2 Å². The smallest absolute Gasteiger partial charge is 0.0531 e. The second-order valence-electron chi connectivity index (χ2n) is 4.34. The molecule has 1 aliphatic rings. The first-order chi connectivity index (χ1) is 7.93. The monoisotopic (exact) mass is 205 g/mol. The lowest BCUT2D eigenvalue weighted by molar-refractivity contribution is 1.09. The summed E-state index contributed by atoms with van der Waals surface area (Å²) < 4.78 is 2.38. The van der Waals surface area contributed by atoms with Crippen LogP contribution in [-0.4, -0.2) is 4.57 Å². The summed E-state index contributed by atoms with van der Waals surface area (Å²) in [7, 11) is 0. The number of nitrogens with zero attached hydrogens (tertiary/aromatic N) is 1. The van der Waals surface area contributed by atoms with E-state index >= 15 is 0 Å². The Kier molecular flexibility index (Phi) is 1.41. The maximum Gasteiger partial charge on any atom is 0.0531 e. The van der Waals surface area contributed by atoms with E-state index in [1.54, 1.807) is 0 Å². The highest BCUT2D eigenvalue weighted by molar-refractivity contribution is 5.84. The molecule has 0 bridgehead atoms. The number of rotatable bonds is 0. The van der Waals surface area contributed by atoms with Crippen molar-refractivity contribution in [2.24, 2.45) is 0 Å². The van der Waals surface area contributed by atoms with Crippen LogP contribution in [-0.2, 0) is 6.42 Å². The van der Waals surface area contributed by atoms with Crippen molar-refractivity contribution in [2.75, 3.05) is 0 Å². The molecule has 4 rings (SSSR count). The van der Waals surface area contributed by atoms with E-state index in [-0.39, 0.29) is 0 Å². The van der Waals surface area contributed by atoms with Gasteiger partial charge in [0.2, 0.25) is 0 Å². The van der Waals surface area contributed by atoms with Gasteiger partial charge in [-0.1, -0.05) is 36.4 Å². The molecule has 0 radical (unpaired) electrons. The second kappa shape index (κ2) is 2.76. The lowest BCUT2D eigenvalue weighted by atomic mass is 10.1. The van der Waals surface area contributed by atoms with Gasteiger partial charge in [0.05, 0.1) is 5.52 Å². The molecule has 2 heterocycles. The quantitative estimate of drug-likeness (QED) is 0.414. The molecule has 1 heteroatoms. The normalized spacial score (nSPS) is 12.8. The molecule has 0 N–H and O–H groups in total. The minimum absolute atomic E-state index is 1.06. The van der Waals surface area contributed by atoms with Crippen LogP contribution in [0.5, 0.6) is 0 Å². The fourth-order valence-electron chi connectivity index (χ4n) is 2.70. The Morgan fingerprint density at radius 1 is 0.875 bits per heavy atom. The average Bonchev–Trinajstić information content (AvgIpc) is 2.83. The summed E-state index contributed by atoms with van der Waals surface area (Å²) in [5.74, 6) is 0. The minimum Gasteiger partial charge on any atom is -0.313 e. The van der Waals surface area contributed by atoms with E-state index in [4.69, 9.17) is 0 Å². The zero-order valence-electron chi connectivity index (χ0n) is 8.85. The zero-order valence-corrected chi connectivity index (χ0v) is 8.85. The third-order valence-electron chi connectivity index (χ3n) is 3.39. The number of hydrogen-bond donors (Lipinski definition) is 0. The summed E-state index contributed by atoms with van der Waals surface area (Å²) in [4.78, 5) is 0. The van der Waals surface area contributed by atoms with Crippen molar-refractivity contribution in [2.45, 2.75) is 6.42 Å². The first kappa shape index (κ1) is 8.17. The van der Waals surface area contributed by atoms with Crippen LogP contribution in [0.15, 0.2) is 54.6 Å². The summed E-state index contributed by atoms with van der Waals surface area (Å²) in [6.45, 7) is 0. The molecule has 16 heavy (non-hydrogen) atoms. The molecule has 1 aliphatic heterocycles. The van der Waals surface area contributed by atoms with Gasteiger partial charge in [-0.2, -0.15) is 0 Å². The number of benzene rings is 2. The maximum absolute atomic E-state index is 2.38. The molecule has 76 valence electrons. The molecule has 3 aromatic rings. The van der Waals surface area contributed by atoms with E-state index < -0.39 is 0 Å². The van der Waals surface area contributed by atoms with Crippen LogP contribution in [0.1, 0.15) is 11.3 Å². The molecular formula is C15H11N. The third kappa shape index (κ3) is 0.904. The van der Waals surface area contributed by atoms with Gasteiger partial charge in [-0.05, 0) is 23.8 Å². The van der Waals surface area contributed by atoms with E-state index in [0.717, 1.165) is 6.42 Å². The Balaban J connectivity index is 2.15. The van der Waals surface area contributed by atoms with Crippen molar-refractivity contribution in [3.05, 3.63) is 65.9 Å². The molecule has 0 saturated heterocycles. The molecule has 0 spiro atoms. The Bertz CT molecular complexity index is 691. The van der Waals surface area contributed by atoms with Crippen molar-refractivity contribution < 1.29 is 0 Å². The molecule has 2 aromatic carbocycles. The van der Waals surface area contributed by atoms with Crippen molar-refractivity contribution in [3.8, 4) is 5.69 Å². The SMILES string of the molecule is c1ccc2c(c1)Cc1cc3ccccc3n1-2. The highest BCUT2D eigenvalue weighted by atomic mass is 15.0. The summed E-state index contributed by atoms with van der Waals surface area (Å²) in [5, 5.41) is 1.34. The van der Waals surface area contributed by atoms with Crippen LogP contribution in [0.4, 0.5) is 0 Å². The lowest BCUT2D eigenvalue weighted by Crippen LogP contribution is -1.90. The molecule has 1 aromatic heterocycles. The van der Waals surface area contributed by atoms with Gasteiger partial charge >= 0.3 is 0 Å². The molecule has 0 amide bonds. The minimum atomic E-state index is 1.06. The molecule has 0 unspecified atom stereocenters. The highest BCUT2D eigenvalue weighted by Gasteiger charge is 2.19. The summed E-state index contributed by atoms with van der Waals surface area (Å²) >= 11 is 0. The Labute approximate surface area is 93.9 Å². The predicted molar refractivity (Wildman–Crippen MR) is 66.1 cm³/mol. The summed E-state index contributed by atoms with van der Waals surface area (Å²) in [6.07, 6.45) is 1.06. The lowest BCUT2D eigenvalue weighted by Gasteiger charge is -2.03. The molecular weight excluding hydrogens is 194 g/mol. The first-order valence-corrected chi connectivity index (χ1v) is 5.61. The fraction of sp³-hybridized carbons (Fsp3) is 0.0667. The Morgan fingerprint density at radius 3 is 2.69 bits per heavy atom. The van der Waals surface area contributed by atoms with Gasteiger partial charge in [-0.25, -0.2) is 0 Å². The number of hydrogen-bond acceptors (Lipinski definition) is 0. The van der Waals surface area contributed by atoms with Crippen molar-refractivity contribution in [3.63, 3.8) is 0 Å². The van der Waals surface area contributed by atoms with Gasteiger partial charge < -0.3 is 4.57 Å². The van der Waals surface area contributed by atoms with Gasteiger partial charge in [0.1, 0.15) is 0 Å². The number of aromatic nitrogens is 1. The fourth-order valence-corrected chi connectivity index (χ4v) is 2.70. The number of fused-ring (bicyclic) bond motifs is 5. The largest absolute Gasteiger partial charge is 0.313 e. The first-order valence-electron chi connectivity index (χ1n) is 5.61. The summed E-state index contributed by atoms with van der Waals surface area (Å²) in [6, 6.07) is 19.5. The molecule has 0 aliphatic carbocycles. The Morgan fingerprint density at radius 2 is 1.69 bits per heavy atom. The topological polar surface area (TPSA) is 4.93 Å². The van der Waals surface area contributed by atoms with E-state index in [2.05, 4.69) is 59.2 Å². The van der Waals surface area contributed by atoms with Crippen LogP contribution < -0.4 is 0 Å². The Hall–Kier alpha value is -2.02. The van der Waals surface area contributed by atoms with Gasteiger partial charge in [0.25, 0.3) is 0 Å². The highest BCUT2D eigenvalue weighted by Crippen LogP contribution is 2.33. The number of para-hydroxylation sites is 2. The van der Waals surface area contributed by atoms with Crippen molar-refractivity contribution in [1.82, 2.24) is 4.57 Å². The average molecular weight is 205 g/mol. The van der Waals surface area contributed by atoms with Crippen LogP contribution in [0.3, 0.4) is 0 Å². The zero-order chi connectivity index (χ0) is 10.5. The van der Waals surface area contributed by atoms with Crippen LogP contribution in [0, 0.1) is 0 Å². The standard InChI is InChI=1S/C15H11N/c1-3-7-14-11(5-1)9-13-10-12-6-2-4-8-15(12)16(13)14/h1-9H,10H2. The molecule has 0 atom stereocenters. The van der Waals surface area contributed by atoms with E-state index in [1.807, 2.05) is 0 Å². The van der Waals surface area contributed by atoms with E-state index in [0.29, 0.717) is 0 Å². The third-order valence-corrected chi connectivity index (χ3v) is 3.39. The summed E-state index contributed by atoms with van der Waals surface area (Å²) in [5.41, 5.74) is 5.51. The van der Waals surface area contributed by atoms with Crippen LogP contribution in [0.25, 0.3) is 16.6 Å². The van der Waals surface area contributed by atoms with Crippen LogP contribution >= 0.6 is 0 Å². The van der Waals surface area contributed by atoms with Gasteiger partial charge in [0.15, 0.2) is 0 Å². The van der Waals surface area contributed by atoms with Crippen molar-refractivity contribution >= 4 is 10.9 Å². The molecule has 0 fully saturated rings. The van der Waals surface area contributed by atoms with Crippen molar-refractivity contribution in [1.29, 1.82) is 0 Å². The second-order valence-corrected chi connectivity index (χ2v) is 4.34. The van der Waals surface area contributed by atoms with E-state index in [1.165, 1.54) is 27.8 Å². The maximum atomic E-state index is 2.38. The van der Waals surface area contributed by atoms with Gasteiger partial charge in [-0.3, -0.25) is 0 Å².